The second-order valence-electron chi connectivity index (χ2n) is 5.32. The van der Waals surface area contributed by atoms with Crippen molar-refractivity contribution in [2.24, 2.45) is 0 Å². The van der Waals surface area contributed by atoms with E-state index in [1.54, 1.807) is 6.07 Å². The minimum Gasteiger partial charge on any atom is -0.398 e. The van der Waals surface area contributed by atoms with Crippen molar-refractivity contribution in [2.45, 2.75) is 0 Å². The maximum atomic E-state index is 12.9. The smallest absolute Gasteiger partial charge is 0.197 e. The highest BCUT2D eigenvalue weighted by Crippen LogP contribution is 2.31. The van der Waals surface area contributed by atoms with Gasteiger partial charge in [-0.15, -0.1) is 0 Å². The molecule has 0 unspecified atom stereocenters. The molecule has 3 nitrogen and oxygen atoms in total. The number of ketones is 1. The first kappa shape index (κ1) is 12.7. The number of aromatic nitrogens is 1. The Hall–Kier alpha value is -3.07. The molecule has 0 saturated carbocycles. The van der Waals surface area contributed by atoms with Crippen LogP contribution >= 0.6 is 0 Å². The number of para-hydroxylation sites is 1. The molecule has 0 radical (unpaired) electrons. The molecule has 0 amide bonds. The number of nitrogen functional groups attached to an aromatic ring is 1. The molecule has 4 aromatic rings. The van der Waals surface area contributed by atoms with Gasteiger partial charge in [-0.2, -0.15) is 0 Å². The Balaban J connectivity index is 2.04. The zero-order valence-corrected chi connectivity index (χ0v) is 11.8. The van der Waals surface area contributed by atoms with Crippen LogP contribution in [-0.2, 0) is 0 Å². The third-order valence-corrected chi connectivity index (χ3v) is 3.98. The van der Waals surface area contributed by atoms with Gasteiger partial charge in [0.25, 0.3) is 0 Å². The lowest BCUT2D eigenvalue weighted by Gasteiger charge is -2.06. The molecule has 3 aromatic carbocycles. The average Bonchev–Trinajstić information content (AvgIpc) is 2.93. The van der Waals surface area contributed by atoms with Crippen LogP contribution in [0.4, 0.5) is 5.69 Å². The largest absolute Gasteiger partial charge is 0.398 e. The van der Waals surface area contributed by atoms with E-state index in [0.717, 1.165) is 21.8 Å². The molecule has 106 valence electrons. The van der Waals surface area contributed by atoms with E-state index in [9.17, 15) is 4.79 Å². The van der Waals surface area contributed by atoms with Crippen LogP contribution in [0.25, 0.3) is 21.8 Å². The van der Waals surface area contributed by atoms with Gasteiger partial charge in [0.1, 0.15) is 0 Å². The Kier molecular flexibility index (Phi) is 2.73. The highest BCUT2D eigenvalue weighted by molar-refractivity contribution is 6.22. The van der Waals surface area contributed by atoms with Crippen molar-refractivity contribution in [1.29, 1.82) is 0 Å². The molecular formula is C19H14N2O. The van der Waals surface area contributed by atoms with Gasteiger partial charge in [0.15, 0.2) is 5.78 Å². The quantitative estimate of drug-likeness (QED) is 0.430. The maximum Gasteiger partial charge on any atom is 0.197 e. The summed E-state index contributed by atoms with van der Waals surface area (Å²) < 4.78 is 0. The first-order valence-electron chi connectivity index (χ1n) is 7.14. The van der Waals surface area contributed by atoms with Crippen molar-refractivity contribution in [3.63, 3.8) is 0 Å². The first-order valence-corrected chi connectivity index (χ1v) is 7.14. The number of nitrogens with one attached hydrogen (secondary N) is 1. The summed E-state index contributed by atoms with van der Waals surface area (Å²) >= 11 is 0. The van der Waals surface area contributed by atoms with E-state index >= 15 is 0 Å². The van der Waals surface area contributed by atoms with E-state index in [0.29, 0.717) is 16.8 Å². The normalized spacial score (nSPS) is 11.1. The molecule has 0 atom stereocenters. The van der Waals surface area contributed by atoms with Crippen molar-refractivity contribution in [3.05, 3.63) is 77.9 Å². The van der Waals surface area contributed by atoms with Gasteiger partial charge < -0.3 is 10.7 Å². The first-order chi connectivity index (χ1) is 10.8. The number of rotatable bonds is 2. The third kappa shape index (κ3) is 1.79. The average molecular weight is 286 g/mol. The van der Waals surface area contributed by atoms with E-state index in [2.05, 4.69) is 4.98 Å². The number of anilines is 1. The number of fused-ring (bicyclic) bond motifs is 3. The number of hydrogen-bond donors (Lipinski definition) is 2. The van der Waals surface area contributed by atoms with Crippen LogP contribution in [0.2, 0.25) is 0 Å². The summed E-state index contributed by atoms with van der Waals surface area (Å²) in [6.07, 6.45) is 0. The second kappa shape index (κ2) is 4.74. The summed E-state index contributed by atoms with van der Waals surface area (Å²) in [6.45, 7) is 0. The highest BCUT2D eigenvalue weighted by Gasteiger charge is 2.18. The molecule has 1 aromatic heterocycles. The van der Waals surface area contributed by atoms with E-state index < -0.39 is 0 Å². The van der Waals surface area contributed by atoms with Crippen LogP contribution in [0, 0.1) is 0 Å². The van der Waals surface area contributed by atoms with Crippen molar-refractivity contribution in [1.82, 2.24) is 4.98 Å². The van der Waals surface area contributed by atoms with E-state index in [1.165, 1.54) is 0 Å². The van der Waals surface area contributed by atoms with Crippen molar-refractivity contribution >= 4 is 33.3 Å². The maximum absolute atomic E-state index is 12.9. The topological polar surface area (TPSA) is 58.9 Å². The number of nitrogens with two attached hydrogens (primary N) is 1. The number of carbonyl (C=O) groups is 1. The molecule has 0 bridgehead atoms. The van der Waals surface area contributed by atoms with Gasteiger partial charge in [-0.1, -0.05) is 54.6 Å². The minimum absolute atomic E-state index is 0.0599. The fraction of sp³-hybridized carbons (Fsp3) is 0. The Morgan fingerprint density at radius 1 is 0.818 bits per heavy atom. The molecular weight excluding hydrogens is 272 g/mol. The van der Waals surface area contributed by atoms with Gasteiger partial charge in [-0.3, -0.25) is 4.79 Å². The number of hydrogen-bond acceptors (Lipinski definition) is 2. The molecule has 0 aliphatic heterocycles. The predicted molar refractivity (Wildman–Crippen MR) is 90.1 cm³/mol. The SMILES string of the molecule is Nc1ccc2c([nH]c3ccccc32)c1C(=O)c1ccccc1. The Bertz CT molecular complexity index is 1000. The van der Waals surface area contributed by atoms with Crippen molar-refractivity contribution in [2.75, 3.05) is 5.73 Å². The van der Waals surface area contributed by atoms with Crippen LogP contribution in [0.1, 0.15) is 15.9 Å². The summed E-state index contributed by atoms with van der Waals surface area (Å²) in [5.74, 6) is -0.0599. The lowest BCUT2D eigenvalue weighted by molar-refractivity contribution is 0.104. The summed E-state index contributed by atoms with van der Waals surface area (Å²) in [4.78, 5) is 16.2. The van der Waals surface area contributed by atoms with Crippen LogP contribution in [0.15, 0.2) is 66.7 Å². The van der Waals surface area contributed by atoms with Gasteiger partial charge in [0.2, 0.25) is 0 Å². The molecule has 4 rings (SSSR count). The molecule has 0 aliphatic carbocycles. The Labute approximate surface area is 127 Å². The monoisotopic (exact) mass is 286 g/mol. The van der Waals surface area contributed by atoms with Crippen LogP contribution < -0.4 is 5.73 Å². The molecule has 22 heavy (non-hydrogen) atoms. The van der Waals surface area contributed by atoms with E-state index in [4.69, 9.17) is 5.73 Å². The lowest BCUT2D eigenvalue weighted by Crippen LogP contribution is -2.06. The standard InChI is InChI=1S/C19H14N2O/c20-15-11-10-14-13-8-4-5-9-16(13)21-18(14)17(15)19(22)12-6-2-1-3-7-12/h1-11,21H,20H2. The lowest BCUT2D eigenvalue weighted by atomic mass is 9.99. The second-order valence-corrected chi connectivity index (χ2v) is 5.32. The van der Waals surface area contributed by atoms with Gasteiger partial charge in [0, 0.05) is 27.5 Å². The molecule has 0 aliphatic rings. The van der Waals surface area contributed by atoms with Gasteiger partial charge in [0.05, 0.1) is 11.1 Å². The van der Waals surface area contributed by atoms with Crippen molar-refractivity contribution < 1.29 is 4.79 Å². The summed E-state index contributed by atoms with van der Waals surface area (Å²) in [6, 6.07) is 21.0. The zero-order chi connectivity index (χ0) is 15.1. The minimum atomic E-state index is -0.0599. The van der Waals surface area contributed by atoms with Crippen LogP contribution in [-0.4, -0.2) is 10.8 Å². The Morgan fingerprint density at radius 2 is 1.55 bits per heavy atom. The number of benzene rings is 3. The van der Waals surface area contributed by atoms with Crippen LogP contribution in [0.3, 0.4) is 0 Å². The zero-order valence-electron chi connectivity index (χ0n) is 11.8. The number of carbonyl (C=O) groups excluding carboxylic acids is 1. The molecule has 0 fully saturated rings. The summed E-state index contributed by atoms with van der Waals surface area (Å²) in [5, 5.41) is 2.11. The third-order valence-electron chi connectivity index (χ3n) is 3.98. The van der Waals surface area contributed by atoms with Crippen molar-refractivity contribution in [3.8, 4) is 0 Å². The van der Waals surface area contributed by atoms with E-state index in [1.807, 2.05) is 60.7 Å². The molecule has 0 spiro atoms. The van der Waals surface area contributed by atoms with E-state index in [-0.39, 0.29) is 5.78 Å². The van der Waals surface area contributed by atoms with Gasteiger partial charge >= 0.3 is 0 Å². The van der Waals surface area contributed by atoms with Crippen LogP contribution in [0.5, 0.6) is 0 Å². The molecule has 3 heteroatoms. The highest BCUT2D eigenvalue weighted by atomic mass is 16.1. The fourth-order valence-electron chi connectivity index (χ4n) is 2.91. The molecule has 0 saturated heterocycles. The number of aromatic amines is 1. The van der Waals surface area contributed by atoms with Gasteiger partial charge in [-0.05, 0) is 12.1 Å². The predicted octanol–water partition coefficient (Wildman–Crippen LogP) is 4.13. The summed E-state index contributed by atoms with van der Waals surface area (Å²) in [5.41, 5.74) is 9.59. The van der Waals surface area contributed by atoms with Gasteiger partial charge in [-0.25, -0.2) is 0 Å². The summed E-state index contributed by atoms with van der Waals surface area (Å²) in [7, 11) is 0. The molecule has 3 N–H and O–H groups in total. The Morgan fingerprint density at radius 3 is 2.36 bits per heavy atom. The molecule has 1 heterocycles. The number of H-pyrrole nitrogens is 1. The fourth-order valence-corrected chi connectivity index (χ4v) is 2.91.